The van der Waals surface area contributed by atoms with E-state index in [1.54, 1.807) is 0 Å². The maximum absolute atomic E-state index is 12.2. The van der Waals surface area contributed by atoms with Gasteiger partial charge in [0.25, 0.3) is 0 Å². The first-order valence-corrected chi connectivity index (χ1v) is 8.24. The molecule has 0 bridgehead atoms. The van der Waals surface area contributed by atoms with Crippen LogP contribution in [0.3, 0.4) is 0 Å². The maximum atomic E-state index is 12.2. The van der Waals surface area contributed by atoms with Gasteiger partial charge in [-0.25, -0.2) is 4.79 Å². The summed E-state index contributed by atoms with van der Waals surface area (Å²) in [6, 6.07) is 0. The molecule has 0 aliphatic carbocycles. The minimum Gasteiger partial charge on any atom is -0.444 e. The van der Waals surface area contributed by atoms with Gasteiger partial charge in [0.15, 0.2) is 0 Å². The minimum absolute atomic E-state index is 0.148. The molecule has 0 aromatic heterocycles. The fraction of sp³-hybridized carbons (Fsp3) is 0.938. The van der Waals surface area contributed by atoms with Gasteiger partial charge in [-0.15, -0.1) is 0 Å². The van der Waals surface area contributed by atoms with E-state index in [1.807, 2.05) is 25.7 Å². The Hall–Kier alpha value is -0.810. The molecule has 5 heteroatoms. The van der Waals surface area contributed by atoms with Gasteiger partial charge in [0.05, 0.1) is 0 Å². The zero-order valence-electron chi connectivity index (χ0n) is 13.9. The molecule has 2 saturated heterocycles. The molecule has 0 saturated carbocycles. The lowest BCUT2D eigenvalue weighted by Gasteiger charge is -2.39. The maximum Gasteiger partial charge on any atom is 0.410 e. The van der Waals surface area contributed by atoms with Gasteiger partial charge in [-0.2, -0.15) is 0 Å². The lowest BCUT2D eigenvalue weighted by atomic mass is 9.78. The highest BCUT2D eigenvalue weighted by Gasteiger charge is 2.42. The standard InChI is InChI=1S/C16H31N3O2/c1-15(2,3)21-14(20)19-12-7-16(13-19)5-10-18(11-6-16)9-4-8-17/h4-13,17H2,1-3H3. The quantitative estimate of drug-likeness (QED) is 0.866. The highest BCUT2D eigenvalue weighted by Crippen LogP contribution is 2.40. The molecular weight excluding hydrogens is 266 g/mol. The number of nitrogens with two attached hydrogens (primary N) is 1. The number of amides is 1. The van der Waals surface area contributed by atoms with E-state index in [2.05, 4.69) is 4.90 Å². The molecule has 1 amide bonds. The van der Waals surface area contributed by atoms with E-state index in [-0.39, 0.29) is 6.09 Å². The topological polar surface area (TPSA) is 58.8 Å². The van der Waals surface area contributed by atoms with Gasteiger partial charge in [0.2, 0.25) is 0 Å². The Labute approximate surface area is 128 Å². The predicted octanol–water partition coefficient (Wildman–Crippen LogP) is 2.06. The Bertz CT molecular complexity index is 357. The number of rotatable bonds is 3. The van der Waals surface area contributed by atoms with Crippen molar-refractivity contribution in [3.8, 4) is 0 Å². The summed E-state index contributed by atoms with van der Waals surface area (Å²) in [7, 11) is 0. The summed E-state index contributed by atoms with van der Waals surface area (Å²) in [5, 5.41) is 0. The Morgan fingerprint density at radius 2 is 1.81 bits per heavy atom. The summed E-state index contributed by atoms with van der Waals surface area (Å²) in [6.07, 6.45) is 4.44. The molecule has 0 atom stereocenters. The number of piperidine rings is 1. The Balaban J connectivity index is 1.81. The first-order valence-electron chi connectivity index (χ1n) is 8.24. The van der Waals surface area contributed by atoms with Crippen LogP contribution < -0.4 is 5.73 Å². The van der Waals surface area contributed by atoms with E-state index in [0.717, 1.165) is 52.1 Å². The van der Waals surface area contributed by atoms with Crippen LogP contribution in [0.25, 0.3) is 0 Å². The second kappa shape index (κ2) is 6.53. The number of likely N-dealkylation sites (tertiary alicyclic amines) is 2. The van der Waals surface area contributed by atoms with Crippen molar-refractivity contribution in [2.24, 2.45) is 11.1 Å². The summed E-state index contributed by atoms with van der Waals surface area (Å²) < 4.78 is 5.49. The third kappa shape index (κ3) is 4.58. The Kier molecular flexibility index (Phi) is 5.15. The second-order valence-electron chi connectivity index (χ2n) is 7.64. The van der Waals surface area contributed by atoms with E-state index in [1.165, 1.54) is 12.8 Å². The number of carbonyl (C=O) groups is 1. The van der Waals surface area contributed by atoms with Crippen LogP contribution in [-0.4, -0.2) is 60.8 Å². The molecule has 1 spiro atoms. The first kappa shape index (κ1) is 16.6. The van der Waals surface area contributed by atoms with Gasteiger partial charge in [-0.1, -0.05) is 0 Å². The molecule has 122 valence electrons. The summed E-state index contributed by atoms with van der Waals surface area (Å²) >= 11 is 0. The van der Waals surface area contributed by atoms with Gasteiger partial charge in [0.1, 0.15) is 5.60 Å². The van der Waals surface area contributed by atoms with Crippen LogP contribution in [0.15, 0.2) is 0 Å². The molecule has 2 rings (SSSR count). The van der Waals surface area contributed by atoms with Gasteiger partial charge in [0, 0.05) is 13.1 Å². The van der Waals surface area contributed by atoms with Crippen molar-refractivity contribution in [1.29, 1.82) is 0 Å². The largest absolute Gasteiger partial charge is 0.444 e. The summed E-state index contributed by atoms with van der Waals surface area (Å²) in [5.74, 6) is 0. The smallest absolute Gasteiger partial charge is 0.410 e. The van der Waals surface area contributed by atoms with Crippen LogP contribution in [-0.2, 0) is 4.74 Å². The summed E-state index contributed by atoms with van der Waals surface area (Å²) in [5.41, 5.74) is 5.50. The lowest BCUT2D eigenvalue weighted by Crippen LogP contribution is -2.43. The number of carbonyl (C=O) groups excluding carboxylic acids is 1. The van der Waals surface area contributed by atoms with Gasteiger partial charge >= 0.3 is 6.09 Å². The number of ether oxygens (including phenoxy) is 1. The fourth-order valence-electron chi connectivity index (χ4n) is 3.39. The normalized spacial score (nSPS) is 22.8. The van der Waals surface area contributed by atoms with Crippen molar-refractivity contribution < 1.29 is 9.53 Å². The van der Waals surface area contributed by atoms with Crippen molar-refractivity contribution in [1.82, 2.24) is 9.80 Å². The van der Waals surface area contributed by atoms with Crippen LogP contribution in [0, 0.1) is 5.41 Å². The van der Waals surface area contributed by atoms with Crippen LogP contribution in [0.4, 0.5) is 4.79 Å². The molecular formula is C16H31N3O2. The lowest BCUT2D eigenvalue weighted by molar-refractivity contribution is 0.0247. The number of hydrogen-bond donors (Lipinski definition) is 1. The highest BCUT2D eigenvalue weighted by molar-refractivity contribution is 5.68. The van der Waals surface area contributed by atoms with Crippen LogP contribution >= 0.6 is 0 Å². The molecule has 0 aromatic rings. The zero-order valence-corrected chi connectivity index (χ0v) is 13.9. The Morgan fingerprint density at radius 3 is 2.38 bits per heavy atom. The van der Waals surface area contributed by atoms with Crippen molar-refractivity contribution >= 4 is 6.09 Å². The van der Waals surface area contributed by atoms with E-state index >= 15 is 0 Å². The minimum atomic E-state index is -0.404. The molecule has 2 aliphatic rings. The number of hydrogen-bond acceptors (Lipinski definition) is 4. The zero-order chi connectivity index (χ0) is 15.5. The monoisotopic (exact) mass is 297 g/mol. The predicted molar refractivity (Wildman–Crippen MR) is 84.2 cm³/mol. The van der Waals surface area contributed by atoms with Gasteiger partial charge in [-0.05, 0) is 78.0 Å². The third-order valence-corrected chi connectivity index (χ3v) is 4.69. The SMILES string of the molecule is CC(C)(C)OC(=O)N1CCC2(CCN(CCCN)CC2)C1. The van der Waals surface area contributed by atoms with Crippen LogP contribution in [0.1, 0.15) is 46.5 Å². The van der Waals surface area contributed by atoms with E-state index in [0.29, 0.717) is 5.41 Å². The third-order valence-electron chi connectivity index (χ3n) is 4.69. The van der Waals surface area contributed by atoms with Crippen LogP contribution in [0.2, 0.25) is 0 Å². The molecule has 5 nitrogen and oxygen atoms in total. The molecule has 2 heterocycles. The molecule has 2 fully saturated rings. The second-order valence-corrected chi connectivity index (χ2v) is 7.64. The Morgan fingerprint density at radius 1 is 1.19 bits per heavy atom. The molecule has 0 unspecified atom stereocenters. The van der Waals surface area contributed by atoms with E-state index in [9.17, 15) is 4.79 Å². The molecule has 0 radical (unpaired) electrons. The molecule has 21 heavy (non-hydrogen) atoms. The van der Waals surface area contributed by atoms with Crippen molar-refractivity contribution in [2.75, 3.05) is 39.3 Å². The average Bonchev–Trinajstić information content (AvgIpc) is 2.81. The van der Waals surface area contributed by atoms with Crippen molar-refractivity contribution in [3.05, 3.63) is 0 Å². The molecule has 0 aromatic carbocycles. The number of nitrogens with zero attached hydrogens (tertiary/aromatic N) is 2. The first-order chi connectivity index (χ1) is 9.84. The van der Waals surface area contributed by atoms with Crippen molar-refractivity contribution in [2.45, 2.75) is 52.1 Å². The van der Waals surface area contributed by atoms with Gasteiger partial charge in [-0.3, -0.25) is 0 Å². The van der Waals surface area contributed by atoms with E-state index in [4.69, 9.17) is 10.5 Å². The van der Waals surface area contributed by atoms with Gasteiger partial charge < -0.3 is 20.3 Å². The van der Waals surface area contributed by atoms with Crippen molar-refractivity contribution in [3.63, 3.8) is 0 Å². The fourth-order valence-corrected chi connectivity index (χ4v) is 3.39. The van der Waals surface area contributed by atoms with Crippen LogP contribution in [0.5, 0.6) is 0 Å². The summed E-state index contributed by atoms with van der Waals surface area (Å²) in [6.45, 7) is 11.6. The molecule has 2 N–H and O–H groups in total. The average molecular weight is 297 g/mol. The van der Waals surface area contributed by atoms with E-state index < -0.39 is 5.60 Å². The highest BCUT2D eigenvalue weighted by atomic mass is 16.6. The molecule has 2 aliphatic heterocycles. The summed E-state index contributed by atoms with van der Waals surface area (Å²) in [4.78, 5) is 16.6.